The molecule has 2 heterocycles. The van der Waals surface area contributed by atoms with Gasteiger partial charge in [-0.15, -0.1) is 0 Å². The molecule has 0 aliphatic heterocycles. The highest BCUT2D eigenvalue weighted by molar-refractivity contribution is 5.77. The van der Waals surface area contributed by atoms with Gasteiger partial charge in [0.1, 0.15) is 0 Å². The highest BCUT2D eigenvalue weighted by atomic mass is 15.2. The van der Waals surface area contributed by atoms with Gasteiger partial charge in [-0.25, -0.2) is 4.98 Å². The van der Waals surface area contributed by atoms with Crippen LogP contribution >= 0.6 is 0 Å². The highest BCUT2D eigenvalue weighted by Crippen LogP contribution is 2.13. The molecular formula is C8H11N5. The summed E-state index contributed by atoms with van der Waals surface area (Å²) in [5.74, 6) is 0.650. The Bertz CT molecular complexity index is 419. The van der Waals surface area contributed by atoms with Crippen molar-refractivity contribution in [2.24, 2.45) is 0 Å². The number of nitrogens with zero attached hydrogens (tertiary/aromatic N) is 3. The number of anilines is 1. The standard InChI is InChI=1S/C8H11N5/c1-3-9-8-11-5(2)6-4-10-13-7(6)12-8/h4H,3H2,1-2H3,(H2,9,10,11,12,13). The van der Waals surface area contributed by atoms with Crippen molar-refractivity contribution in [2.75, 3.05) is 11.9 Å². The molecule has 5 nitrogen and oxygen atoms in total. The molecule has 0 aliphatic rings. The number of fused-ring (bicyclic) bond motifs is 1. The molecule has 0 fully saturated rings. The Kier molecular flexibility index (Phi) is 1.84. The second-order valence-corrected chi connectivity index (χ2v) is 2.80. The van der Waals surface area contributed by atoms with Gasteiger partial charge in [0.2, 0.25) is 5.95 Å². The Morgan fingerprint density at radius 3 is 3.08 bits per heavy atom. The van der Waals surface area contributed by atoms with E-state index in [0.717, 1.165) is 23.3 Å². The summed E-state index contributed by atoms with van der Waals surface area (Å²) >= 11 is 0. The minimum absolute atomic E-state index is 0.650. The van der Waals surface area contributed by atoms with E-state index >= 15 is 0 Å². The molecule has 0 aliphatic carbocycles. The smallest absolute Gasteiger partial charge is 0.224 e. The molecule has 2 N–H and O–H groups in total. The average molecular weight is 177 g/mol. The van der Waals surface area contributed by atoms with Crippen LogP contribution < -0.4 is 5.32 Å². The van der Waals surface area contributed by atoms with Crippen LogP contribution in [-0.4, -0.2) is 26.7 Å². The van der Waals surface area contributed by atoms with Crippen LogP contribution in [0.1, 0.15) is 12.6 Å². The number of aromatic nitrogens is 4. The molecule has 0 unspecified atom stereocenters. The van der Waals surface area contributed by atoms with Crippen molar-refractivity contribution in [2.45, 2.75) is 13.8 Å². The van der Waals surface area contributed by atoms with Gasteiger partial charge >= 0.3 is 0 Å². The molecular weight excluding hydrogens is 166 g/mol. The molecule has 0 saturated carbocycles. The van der Waals surface area contributed by atoms with E-state index in [1.807, 2.05) is 13.8 Å². The van der Waals surface area contributed by atoms with E-state index in [4.69, 9.17) is 0 Å². The van der Waals surface area contributed by atoms with Gasteiger partial charge in [0.25, 0.3) is 0 Å². The largest absolute Gasteiger partial charge is 0.354 e. The number of nitrogens with one attached hydrogen (secondary N) is 2. The van der Waals surface area contributed by atoms with Crippen LogP contribution in [0.2, 0.25) is 0 Å². The number of hydrogen-bond donors (Lipinski definition) is 2. The molecule has 2 aromatic rings. The van der Waals surface area contributed by atoms with Gasteiger partial charge in [0.15, 0.2) is 5.65 Å². The summed E-state index contributed by atoms with van der Waals surface area (Å²) < 4.78 is 0. The van der Waals surface area contributed by atoms with Crippen molar-refractivity contribution in [1.82, 2.24) is 20.2 Å². The van der Waals surface area contributed by atoms with E-state index in [1.54, 1.807) is 6.20 Å². The van der Waals surface area contributed by atoms with Crippen LogP contribution in [0.5, 0.6) is 0 Å². The van der Waals surface area contributed by atoms with Gasteiger partial charge in [-0.2, -0.15) is 10.1 Å². The van der Waals surface area contributed by atoms with E-state index in [1.165, 1.54) is 0 Å². The third-order valence-corrected chi connectivity index (χ3v) is 1.84. The molecule has 13 heavy (non-hydrogen) atoms. The fraction of sp³-hybridized carbons (Fsp3) is 0.375. The van der Waals surface area contributed by atoms with E-state index in [-0.39, 0.29) is 0 Å². The molecule has 0 atom stereocenters. The third-order valence-electron chi connectivity index (χ3n) is 1.84. The molecule has 2 rings (SSSR count). The molecule has 5 heteroatoms. The number of aryl methyl sites for hydroxylation is 1. The lowest BCUT2D eigenvalue weighted by atomic mass is 10.3. The summed E-state index contributed by atoms with van der Waals surface area (Å²) in [6, 6.07) is 0. The summed E-state index contributed by atoms with van der Waals surface area (Å²) in [4.78, 5) is 8.53. The lowest BCUT2D eigenvalue weighted by Crippen LogP contribution is -2.03. The molecule has 2 aromatic heterocycles. The lowest BCUT2D eigenvalue weighted by Gasteiger charge is -2.01. The first-order valence-corrected chi connectivity index (χ1v) is 4.23. The predicted molar refractivity (Wildman–Crippen MR) is 50.6 cm³/mol. The summed E-state index contributed by atoms with van der Waals surface area (Å²) in [5, 5.41) is 10.8. The molecule has 0 radical (unpaired) electrons. The van der Waals surface area contributed by atoms with E-state index in [2.05, 4.69) is 25.5 Å². The minimum atomic E-state index is 0.650. The summed E-state index contributed by atoms with van der Waals surface area (Å²) in [7, 11) is 0. The monoisotopic (exact) mass is 177 g/mol. The van der Waals surface area contributed by atoms with Crippen LogP contribution in [0, 0.1) is 6.92 Å². The Hall–Kier alpha value is -1.65. The first-order valence-electron chi connectivity index (χ1n) is 4.23. The van der Waals surface area contributed by atoms with E-state index in [0.29, 0.717) is 5.95 Å². The van der Waals surface area contributed by atoms with Crippen molar-refractivity contribution in [1.29, 1.82) is 0 Å². The normalized spacial score (nSPS) is 10.6. The second kappa shape index (κ2) is 3.01. The number of rotatable bonds is 2. The third kappa shape index (κ3) is 1.32. The van der Waals surface area contributed by atoms with Crippen LogP contribution in [0.25, 0.3) is 11.0 Å². The Balaban J connectivity index is 2.56. The predicted octanol–water partition coefficient (Wildman–Crippen LogP) is 1.09. The Labute approximate surface area is 75.6 Å². The topological polar surface area (TPSA) is 66.5 Å². The molecule has 0 bridgehead atoms. The second-order valence-electron chi connectivity index (χ2n) is 2.80. The van der Waals surface area contributed by atoms with Gasteiger partial charge in [0, 0.05) is 6.54 Å². The van der Waals surface area contributed by atoms with Crippen molar-refractivity contribution >= 4 is 17.0 Å². The molecule has 0 amide bonds. The van der Waals surface area contributed by atoms with Gasteiger partial charge in [-0.1, -0.05) is 0 Å². The van der Waals surface area contributed by atoms with Crippen LogP contribution in [-0.2, 0) is 0 Å². The molecule has 0 aromatic carbocycles. The van der Waals surface area contributed by atoms with Crippen molar-refractivity contribution < 1.29 is 0 Å². The quantitative estimate of drug-likeness (QED) is 0.720. The zero-order chi connectivity index (χ0) is 9.26. The van der Waals surface area contributed by atoms with Gasteiger partial charge in [-0.3, -0.25) is 5.10 Å². The average Bonchev–Trinajstić information content (AvgIpc) is 2.53. The zero-order valence-corrected chi connectivity index (χ0v) is 7.63. The maximum Gasteiger partial charge on any atom is 0.224 e. The van der Waals surface area contributed by atoms with Crippen LogP contribution in [0.15, 0.2) is 6.20 Å². The lowest BCUT2D eigenvalue weighted by molar-refractivity contribution is 1.06. The van der Waals surface area contributed by atoms with Crippen molar-refractivity contribution in [3.05, 3.63) is 11.9 Å². The van der Waals surface area contributed by atoms with Crippen LogP contribution in [0.4, 0.5) is 5.95 Å². The van der Waals surface area contributed by atoms with Crippen LogP contribution in [0.3, 0.4) is 0 Å². The first-order chi connectivity index (χ1) is 6.31. The van der Waals surface area contributed by atoms with Gasteiger partial charge in [0.05, 0.1) is 17.3 Å². The highest BCUT2D eigenvalue weighted by Gasteiger charge is 2.04. The van der Waals surface area contributed by atoms with Gasteiger partial charge < -0.3 is 5.32 Å². The summed E-state index contributed by atoms with van der Waals surface area (Å²) in [6.07, 6.45) is 1.74. The summed E-state index contributed by atoms with van der Waals surface area (Å²) in [5.41, 5.74) is 1.72. The first kappa shape index (κ1) is 7.97. The Morgan fingerprint density at radius 2 is 2.31 bits per heavy atom. The number of H-pyrrole nitrogens is 1. The maximum atomic E-state index is 4.28. The number of aromatic amines is 1. The van der Waals surface area contributed by atoms with E-state index < -0.39 is 0 Å². The fourth-order valence-electron chi connectivity index (χ4n) is 1.22. The Morgan fingerprint density at radius 1 is 1.46 bits per heavy atom. The van der Waals surface area contributed by atoms with Crippen molar-refractivity contribution in [3.8, 4) is 0 Å². The number of hydrogen-bond acceptors (Lipinski definition) is 4. The molecule has 68 valence electrons. The van der Waals surface area contributed by atoms with Gasteiger partial charge in [-0.05, 0) is 13.8 Å². The SMILES string of the molecule is CCNc1nc(C)c2cn[nH]c2n1. The zero-order valence-electron chi connectivity index (χ0n) is 7.63. The fourth-order valence-corrected chi connectivity index (χ4v) is 1.22. The summed E-state index contributed by atoms with van der Waals surface area (Å²) in [6.45, 7) is 4.77. The van der Waals surface area contributed by atoms with E-state index in [9.17, 15) is 0 Å². The molecule has 0 saturated heterocycles. The maximum absolute atomic E-state index is 4.28. The molecule has 0 spiro atoms. The van der Waals surface area contributed by atoms with Crippen molar-refractivity contribution in [3.63, 3.8) is 0 Å². The minimum Gasteiger partial charge on any atom is -0.354 e.